The van der Waals surface area contributed by atoms with Crippen LogP contribution in [0, 0.1) is 6.92 Å². The van der Waals surface area contributed by atoms with Gasteiger partial charge in [0.1, 0.15) is 24.9 Å². The van der Waals surface area contributed by atoms with Gasteiger partial charge in [0.2, 0.25) is 0 Å². The van der Waals surface area contributed by atoms with Gasteiger partial charge in [-0.15, -0.1) is 0 Å². The van der Waals surface area contributed by atoms with E-state index >= 15 is 0 Å². The molecule has 0 fully saturated rings. The molecule has 0 aliphatic heterocycles. The second-order valence-corrected chi connectivity index (χ2v) is 8.97. The molecule has 9 heteroatoms. The molecule has 1 aromatic heterocycles. The molecule has 1 atom stereocenters. The predicted octanol–water partition coefficient (Wildman–Crippen LogP) is 4.01. The van der Waals surface area contributed by atoms with E-state index in [-0.39, 0.29) is 18.1 Å². The van der Waals surface area contributed by atoms with E-state index < -0.39 is 24.5 Å². The van der Waals surface area contributed by atoms with Crippen LogP contribution >= 0.6 is 0 Å². The maximum Gasteiger partial charge on any atom is 0.338 e. The first-order chi connectivity index (χ1) is 16.4. The van der Waals surface area contributed by atoms with Gasteiger partial charge in [0.25, 0.3) is 0 Å². The summed E-state index contributed by atoms with van der Waals surface area (Å²) >= 11 is 0. The smallest absolute Gasteiger partial charge is 0.338 e. The largest absolute Gasteiger partial charge is 0.489 e. The number of nitrogens with one attached hydrogen (secondary N) is 2. The number of aliphatic carboxylic acids is 2. The lowest BCUT2D eigenvalue weighted by Gasteiger charge is -2.25. The Morgan fingerprint density at radius 1 is 1.00 bits per heavy atom. The van der Waals surface area contributed by atoms with Crippen molar-refractivity contribution >= 4 is 28.8 Å². The van der Waals surface area contributed by atoms with E-state index in [1.54, 1.807) is 12.1 Å². The Morgan fingerprint density at radius 2 is 1.66 bits per heavy atom. The highest BCUT2D eigenvalue weighted by atomic mass is 16.6. The number of hydrogen-bond acceptors (Lipinski definition) is 6. The van der Waals surface area contributed by atoms with Crippen LogP contribution in [-0.4, -0.2) is 57.9 Å². The average Bonchev–Trinajstić information content (AvgIpc) is 3.16. The fourth-order valence-electron chi connectivity index (χ4n) is 3.05. The molecular weight excluding hydrogens is 452 g/mol. The number of carbonyl (C=O) groups is 3. The van der Waals surface area contributed by atoms with Crippen molar-refractivity contribution in [2.24, 2.45) is 0 Å². The molecule has 35 heavy (non-hydrogen) atoms. The normalized spacial score (nSPS) is 11.8. The van der Waals surface area contributed by atoms with Crippen LogP contribution < -0.4 is 10.1 Å². The molecule has 0 spiro atoms. The van der Waals surface area contributed by atoms with Gasteiger partial charge >= 0.3 is 17.9 Å². The lowest BCUT2D eigenvalue weighted by molar-refractivity contribution is -0.147. The van der Waals surface area contributed by atoms with Gasteiger partial charge in [-0.2, -0.15) is 0 Å². The van der Waals surface area contributed by atoms with E-state index in [0.29, 0.717) is 12.1 Å². The number of carbonyl (C=O) groups excluding carboxylic acids is 1. The summed E-state index contributed by atoms with van der Waals surface area (Å²) in [6, 6.07) is 17.0. The van der Waals surface area contributed by atoms with Crippen LogP contribution in [0.25, 0.3) is 10.9 Å². The van der Waals surface area contributed by atoms with Gasteiger partial charge in [0.15, 0.2) is 0 Å². The van der Waals surface area contributed by atoms with Crippen LogP contribution in [0.3, 0.4) is 0 Å². The quantitative estimate of drug-likeness (QED) is 0.264. The molecule has 188 valence electrons. The minimum Gasteiger partial charge on any atom is -0.489 e. The summed E-state index contributed by atoms with van der Waals surface area (Å²) in [5.41, 5.74) is 2.55. The highest BCUT2D eigenvalue weighted by Gasteiger charge is 2.20. The first-order valence-electron chi connectivity index (χ1n) is 11.1. The number of carboxylic acids is 2. The van der Waals surface area contributed by atoms with Crippen molar-refractivity contribution in [3.05, 3.63) is 65.9 Å². The molecule has 4 N–H and O–H groups in total. The molecule has 0 saturated heterocycles. The first-order valence-corrected chi connectivity index (χ1v) is 11.1. The summed E-state index contributed by atoms with van der Waals surface area (Å²) in [4.78, 5) is 34.7. The number of ether oxygens (including phenoxy) is 2. The van der Waals surface area contributed by atoms with Crippen molar-refractivity contribution in [3.8, 4) is 5.75 Å². The minimum atomic E-state index is -1.31. The third-order valence-corrected chi connectivity index (χ3v) is 4.63. The van der Waals surface area contributed by atoms with Crippen molar-refractivity contribution < 1.29 is 34.1 Å². The molecule has 3 rings (SSSR count). The monoisotopic (exact) mass is 484 g/mol. The van der Waals surface area contributed by atoms with Crippen molar-refractivity contribution in [3.63, 3.8) is 0 Å². The van der Waals surface area contributed by atoms with Gasteiger partial charge in [-0.1, -0.05) is 24.3 Å². The summed E-state index contributed by atoms with van der Waals surface area (Å²) in [6.45, 7) is 9.02. The number of hydrogen-bond donors (Lipinski definition) is 4. The molecule has 0 bridgehead atoms. The van der Waals surface area contributed by atoms with Crippen molar-refractivity contribution in [2.45, 2.75) is 45.8 Å². The van der Waals surface area contributed by atoms with E-state index in [1.165, 1.54) is 0 Å². The van der Waals surface area contributed by atoms with E-state index in [1.807, 2.05) is 43.3 Å². The summed E-state index contributed by atoms with van der Waals surface area (Å²) in [6.07, 6.45) is -1.22. The molecule has 1 heterocycles. The maximum atomic E-state index is 12.5. The number of fused-ring (bicyclic) bond motifs is 1. The standard InChI is InChI=1S/C23H28N2O3.C3H4O4/c1-16-13-19-20(25-16)11-8-12-21(19)27-15-18(14-24-23(2,3)4)28-22(26)17-9-6-5-7-10-17;4-2(5)1-3(6)7/h5-13,18,24-25H,14-15H2,1-4H3;1H2,(H,4,5)(H,6,7)/t18-;/m0./s1. The number of aryl methyl sites for hydroxylation is 1. The van der Waals surface area contributed by atoms with Gasteiger partial charge in [0, 0.05) is 28.7 Å². The second-order valence-electron chi connectivity index (χ2n) is 8.97. The molecule has 9 nitrogen and oxygen atoms in total. The zero-order chi connectivity index (χ0) is 26.0. The lowest BCUT2D eigenvalue weighted by atomic mass is 10.1. The van der Waals surface area contributed by atoms with Gasteiger partial charge in [-0.25, -0.2) is 4.79 Å². The predicted molar refractivity (Wildman–Crippen MR) is 132 cm³/mol. The van der Waals surface area contributed by atoms with Crippen molar-refractivity contribution in [1.29, 1.82) is 0 Å². The molecule has 2 aromatic carbocycles. The fourth-order valence-corrected chi connectivity index (χ4v) is 3.05. The third kappa shape index (κ3) is 9.89. The topological polar surface area (TPSA) is 138 Å². The maximum absolute atomic E-state index is 12.5. The van der Waals surface area contributed by atoms with Crippen molar-refractivity contribution in [2.75, 3.05) is 13.2 Å². The number of benzene rings is 2. The average molecular weight is 485 g/mol. The first kappa shape index (κ1) is 27.4. The Kier molecular flexibility index (Phi) is 9.84. The molecule has 0 aliphatic carbocycles. The Labute approximate surface area is 204 Å². The van der Waals surface area contributed by atoms with E-state index in [0.717, 1.165) is 22.3 Å². The van der Waals surface area contributed by atoms with Crippen LogP contribution in [-0.2, 0) is 14.3 Å². The number of esters is 1. The van der Waals surface area contributed by atoms with Crippen LogP contribution in [0.4, 0.5) is 0 Å². The van der Waals surface area contributed by atoms with E-state index in [4.69, 9.17) is 19.7 Å². The van der Waals surface area contributed by atoms with Gasteiger partial charge in [-0.05, 0) is 58.0 Å². The van der Waals surface area contributed by atoms with Crippen LogP contribution in [0.2, 0.25) is 0 Å². The Morgan fingerprint density at radius 3 is 2.23 bits per heavy atom. The van der Waals surface area contributed by atoms with E-state index in [2.05, 4.69) is 37.1 Å². The number of rotatable bonds is 9. The number of carboxylic acid groups (broad SMARTS) is 2. The molecule has 0 saturated carbocycles. The minimum absolute atomic E-state index is 0.0881. The summed E-state index contributed by atoms with van der Waals surface area (Å²) in [5.74, 6) is -2.20. The number of aromatic nitrogens is 1. The zero-order valence-electron chi connectivity index (χ0n) is 20.3. The Balaban J connectivity index is 0.000000540. The SMILES string of the molecule is Cc1cc2c(OC[C@H](CNC(C)(C)C)OC(=O)c3ccccc3)cccc2[nH]1.O=C(O)CC(=O)O. The third-order valence-electron chi connectivity index (χ3n) is 4.63. The molecule has 0 amide bonds. The van der Waals surface area contributed by atoms with Gasteiger partial charge in [0.05, 0.1) is 5.56 Å². The van der Waals surface area contributed by atoms with Gasteiger partial charge < -0.3 is 30.0 Å². The lowest BCUT2D eigenvalue weighted by Crippen LogP contribution is -2.44. The Hall–Kier alpha value is -3.85. The second kappa shape index (κ2) is 12.6. The zero-order valence-corrected chi connectivity index (χ0v) is 20.3. The molecule has 0 radical (unpaired) electrons. The Bertz CT molecular complexity index is 1120. The molecule has 3 aromatic rings. The van der Waals surface area contributed by atoms with Crippen molar-refractivity contribution in [1.82, 2.24) is 10.3 Å². The summed E-state index contributed by atoms with van der Waals surface area (Å²) in [5, 5.41) is 19.8. The number of aromatic amines is 1. The number of H-pyrrole nitrogens is 1. The fraction of sp³-hybridized carbons (Fsp3) is 0.346. The van der Waals surface area contributed by atoms with Gasteiger partial charge in [-0.3, -0.25) is 9.59 Å². The van der Waals surface area contributed by atoms with Crippen LogP contribution in [0.15, 0.2) is 54.6 Å². The molecule has 0 aliphatic rings. The molecular formula is C26H32N2O7. The van der Waals surface area contributed by atoms with Crippen LogP contribution in [0.5, 0.6) is 5.75 Å². The summed E-state index contributed by atoms with van der Waals surface area (Å²) in [7, 11) is 0. The summed E-state index contributed by atoms with van der Waals surface area (Å²) < 4.78 is 11.8. The molecule has 0 unspecified atom stereocenters. The highest BCUT2D eigenvalue weighted by Crippen LogP contribution is 2.26. The van der Waals surface area contributed by atoms with E-state index in [9.17, 15) is 14.4 Å². The van der Waals surface area contributed by atoms with Crippen LogP contribution in [0.1, 0.15) is 43.2 Å². The highest BCUT2D eigenvalue weighted by molar-refractivity contribution is 5.89.